The highest BCUT2D eigenvalue weighted by atomic mass is 16.5. The number of fused-ring (bicyclic) bond motifs is 1. The van der Waals surface area contributed by atoms with Gasteiger partial charge in [-0.2, -0.15) is 0 Å². The lowest BCUT2D eigenvalue weighted by atomic mass is 10.1. The van der Waals surface area contributed by atoms with Gasteiger partial charge in [0.05, 0.1) is 12.7 Å². The molecular formula is C23H18O4. The highest BCUT2D eigenvalue weighted by molar-refractivity contribution is 5.82. The second kappa shape index (κ2) is 7.38. The topological polar surface area (TPSA) is 48.7 Å². The lowest BCUT2D eigenvalue weighted by molar-refractivity contribution is 0.306. The quantitative estimate of drug-likeness (QED) is 0.469. The number of methoxy groups -OCH3 is 1. The number of ether oxygens (including phenoxy) is 2. The van der Waals surface area contributed by atoms with Crippen LogP contribution in [0.3, 0.4) is 0 Å². The first-order valence-corrected chi connectivity index (χ1v) is 8.62. The molecule has 4 rings (SSSR count). The lowest BCUT2D eigenvalue weighted by Crippen LogP contribution is -2.02. The van der Waals surface area contributed by atoms with Crippen LogP contribution >= 0.6 is 0 Å². The summed E-state index contributed by atoms with van der Waals surface area (Å²) in [5, 5.41) is 0.852. The van der Waals surface area contributed by atoms with Crippen molar-refractivity contribution in [2.24, 2.45) is 0 Å². The summed E-state index contributed by atoms with van der Waals surface area (Å²) in [5.74, 6) is 1.45. The van der Waals surface area contributed by atoms with Gasteiger partial charge < -0.3 is 13.9 Å². The van der Waals surface area contributed by atoms with Gasteiger partial charge in [-0.05, 0) is 41.5 Å². The van der Waals surface area contributed by atoms with Gasteiger partial charge in [0, 0.05) is 11.5 Å². The molecule has 0 atom stereocenters. The predicted octanol–water partition coefficient (Wildman–Crippen LogP) is 5.05. The molecule has 1 aromatic heterocycles. The Morgan fingerprint density at radius 2 is 1.59 bits per heavy atom. The van der Waals surface area contributed by atoms with Gasteiger partial charge in [0.1, 0.15) is 23.7 Å². The molecule has 0 bridgehead atoms. The first-order valence-electron chi connectivity index (χ1n) is 8.62. The van der Waals surface area contributed by atoms with E-state index in [4.69, 9.17) is 13.9 Å². The first-order chi connectivity index (χ1) is 13.2. The van der Waals surface area contributed by atoms with Crippen LogP contribution in [0.15, 0.2) is 88.1 Å². The molecule has 0 unspecified atom stereocenters. The normalized spacial score (nSPS) is 10.7. The standard InChI is InChI=1S/C23H18O4/c1-25-19-10-7-16(8-11-19)15-26-20-12-9-18-13-21(17-5-3-2-4-6-17)23(24)27-22(18)14-20/h2-14H,15H2,1H3. The van der Waals surface area contributed by atoms with E-state index in [9.17, 15) is 4.79 Å². The minimum absolute atomic E-state index is 0.360. The molecule has 0 spiro atoms. The Bertz CT molecular complexity index is 1110. The van der Waals surface area contributed by atoms with E-state index in [1.807, 2.05) is 72.8 Å². The summed E-state index contributed by atoms with van der Waals surface area (Å²) in [6.45, 7) is 0.418. The van der Waals surface area contributed by atoms with Crippen molar-refractivity contribution in [2.45, 2.75) is 6.61 Å². The molecular weight excluding hydrogens is 340 g/mol. The molecule has 0 fully saturated rings. The average Bonchev–Trinajstić information content (AvgIpc) is 2.72. The molecule has 0 radical (unpaired) electrons. The SMILES string of the molecule is COc1ccc(COc2ccc3cc(-c4ccccc4)c(=O)oc3c2)cc1. The lowest BCUT2D eigenvalue weighted by Gasteiger charge is -2.08. The molecule has 0 aliphatic rings. The van der Waals surface area contributed by atoms with Crippen LogP contribution in [0.1, 0.15) is 5.56 Å². The molecule has 0 N–H and O–H groups in total. The van der Waals surface area contributed by atoms with Crippen molar-refractivity contribution in [1.82, 2.24) is 0 Å². The van der Waals surface area contributed by atoms with E-state index in [1.165, 1.54) is 0 Å². The third-order valence-electron chi connectivity index (χ3n) is 4.36. The third-order valence-corrected chi connectivity index (χ3v) is 4.36. The molecule has 1 heterocycles. The second-order valence-electron chi connectivity index (χ2n) is 6.15. The van der Waals surface area contributed by atoms with E-state index in [2.05, 4.69) is 0 Å². The Kier molecular flexibility index (Phi) is 4.62. The van der Waals surface area contributed by atoms with Gasteiger partial charge in [0.2, 0.25) is 0 Å². The minimum Gasteiger partial charge on any atom is -0.497 e. The van der Waals surface area contributed by atoms with Crippen LogP contribution in [0.25, 0.3) is 22.1 Å². The van der Waals surface area contributed by atoms with Crippen molar-refractivity contribution < 1.29 is 13.9 Å². The van der Waals surface area contributed by atoms with Crippen molar-refractivity contribution in [3.63, 3.8) is 0 Å². The van der Waals surface area contributed by atoms with Crippen LogP contribution in [0, 0.1) is 0 Å². The maximum Gasteiger partial charge on any atom is 0.344 e. The third kappa shape index (κ3) is 3.70. The zero-order valence-electron chi connectivity index (χ0n) is 14.8. The maximum atomic E-state index is 12.4. The van der Waals surface area contributed by atoms with Gasteiger partial charge in [-0.3, -0.25) is 0 Å². The van der Waals surface area contributed by atoms with E-state index < -0.39 is 0 Å². The Hall–Kier alpha value is -3.53. The Balaban J connectivity index is 1.58. The molecule has 134 valence electrons. The Morgan fingerprint density at radius 1 is 0.852 bits per heavy atom. The number of hydrogen-bond acceptors (Lipinski definition) is 4. The van der Waals surface area contributed by atoms with Gasteiger partial charge in [0.25, 0.3) is 0 Å². The zero-order valence-corrected chi connectivity index (χ0v) is 14.8. The molecule has 0 amide bonds. The van der Waals surface area contributed by atoms with Crippen LogP contribution in [-0.4, -0.2) is 7.11 Å². The first kappa shape index (κ1) is 16.9. The smallest absolute Gasteiger partial charge is 0.344 e. The highest BCUT2D eigenvalue weighted by Gasteiger charge is 2.08. The van der Waals surface area contributed by atoms with E-state index in [0.717, 1.165) is 22.3 Å². The molecule has 0 saturated carbocycles. The van der Waals surface area contributed by atoms with Crippen LogP contribution in [0.4, 0.5) is 0 Å². The molecule has 27 heavy (non-hydrogen) atoms. The summed E-state index contributed by atoms with van der Waals surface area (Å²) in [4.78, 5) is 12.4. The number of benzene rings is 3. The second-order valence-corrected chi connectivity index (χ2v) is 6.15. The fourth-order valence-corrected chi connectivity index (χ4v) is 2.89. The largest absolute Gasteiger partial charge is 0.497 e. The monoisotopic (exact) mass is 358 g/mol. The van der Waals surface area contributed by atoms with E-state index in [1.54, 1.807) is 13.2 Å². The van der Waals surface area contributed by atoms with Crippen molar-refractivity contribution in [3.05, 3.63) is 94.8 Å². The Morgan fingerprint density at radius 3 is 2.33 bits per heavy atom. The molecule has 4 aromatic rings. The van der Waals surface area contributed by atoms with Crippen LogP contribution in [0.5, 0.6) is 11.5 Å². The molecule has 0 saturated heterocycles. The summed E-state index contributed by atoms with van der Waals surface area (Å²) in [7, 11) is 1.64. The van der Waals surface area contributed by atoms with E-state index in [0.29, 0.717) is 23.5 Å². The summed E-state index contributed by atoms with van der Waals surface area (Å²) in [6.07, 6.45) is 0. The summed E-state index contributed by atoms with van der Waals surface area (Å²) >= 11 is 0. The average molecular weight is 358 g/mol. The Labute approximate surface area is 156 Å². The van der Waals surface area contributed by atoms with Gasteiger partial charge >= 0.3 is 5.63 Å². The van der Waals surface area contributed by atoms with Crippen LogP contribution in [0.2, 0.25) is 0 Å². The summed E-state index contributed by atoms with van der Waals surface area (Å²) < 4.78 is 16.5. The fourth-order valence-electron chi connectivity index (χ4n) is 2.89. The summed E-state index contributed by atoms with van der Waals surface area (Å²) in [5.41, 5.74) is 2.56. The minimum atomic E-state index is -0.360. The van der Waals surface area contributed by atoms with Crippen LogP contribution < -0.4 is 15.1 Å². The van der Waals surface area contributed by atoms with Crippen molar-refractivity contribution in [2.75, 3.05) is 7.11 Å². The molecule has 4 nitrogen and oxygen atoms in total. The van der Waals surface area contributed by atoms with Gasteiger partial charge in [0.15, 0.2) is 0 Å². The van der Waals surface area contributed by atoms with Gasteiger partial charge in [-0.15, -0.1) is 0 Å². The molecule has 4 heteroatoms. The number of hydrogen-bond donors (Lipinski definition) is 0. The predicted molar refractivity (Wildman–Crippen MR) is 105 cm³/mol. The number of rotatable bonds is 5. The van der Waals surface area contributed by atoms with Crippen molar-refractivity contribution >= 4 is 11.0 Å². The molecule has 0 aliphatic heterocycles. The van der Waals surface area contributed by atoms with Gasteiger partial charge in [-0.1, -0.05) is 42.5 Å². The van der Waals surface area contributed by atoms with Crippen LogP contribution in [-0.2, 0) is 6.61 Å². The van der Waals surface area contributed by atoms with Gasteiger partial charge in [-0.25, -0.2) is 4.79 Å². The molecule has 3 aromatic carbocycles. The van der Waals surface area contributed by atoms with E-state index in [-0.39, 0.29) is 5.63 Å². The van der Waals surface area contributed by atoms with Crippen molar-refractivity contribution in [3.8, 4) is 22.6 Å². The summed E-state index contributed by atoms with van der Waals surface area (Å²) in [6, 6.07) is 24.6. The van der Waals surface area contributed by atoms with Crippen molar-refractivity contribution in [1.29, 1.82) is 0 Å². The molecule has 0 aliphatic carbocycles. The zero-order chi connectivity index (χ0) is 18.6. The highest BCUT2D eigenvalue weighted by Crippen LogP contribution is 2.25. The fraction of sp³-hybridized carbons (Fsp3) is 0.0870. The van der Waals surface area contributed by atoms with E-state index >= 15 is 0 Å². The maximum absolute atomic E-state index is 12.4.